The van der Waals surface area contributed by atoms with Crippen LogP contribution in [0.1, 0.15) is 30.3 Å². The number of furan rings is 1. The van der Waals surface area contributed by atoms with Crippen molar-refractivity contribution in [2.24, 2.45) is 11.7 Å². The molecule has 0 radical (unpaired) electrons. The number of hydrogen-bond donors (Lipinski definition) is 1. The number of likely N-dealkylation sites (tertiary alicyclic amines) is 1. The molecule has 2 rings (SSSR count). The highest BCUT2D eigenvalue weighted by Gasteiger charge is 2.33. The van der Waals surface area contributed by atoms with Gasteiger partial charge in [0.1, 0.15) is 4.92 Å². The third-order valence-corrected chi connectivity index (χ3v) is 3.53. The Bertz CT molecular complexity index is 553. The lowest BCUT2D eigenvalue weighted by atomic mass is 9.93. The van der Waals surface area contributed by atoms with Gasteiger partial charge in [-0.1, -0.05) is 0 Å². The van der Waals surface area contributed by atoms with E-state index in [4.69, 9.17) is 10.2 Å². The average Bonchev–Trinajstić information content (AvgIpc) is 2.88. The first-order valence-electron chi connectivity index (χ1n) is 6.24. The molecular formula is C12H15N3O5. The van der Waals surface area contributed by atoms with Crippen LogP contribution in [0.25, 0.3) is 0 Å². The zero-order valence-corrected chi connectivity index (χ0v) is 10.9. The average molecular weight is 281 g/mol. The minimum absolute atomic E-state index is 0.0674. The van der Waals surface area contributed by atoms with Gasteiger partial charge in [-0.05, 0) is 25.8 Å². The molecular weight excluding hydrogens is 266 g/mol. The van der Waals surface area contributed by atoms with E-state index in [0.29, 0.717) is 12.8 Å². The summed E-state index contributed by atoms with van der Waals surface area (Å²) in [4.78, 5) is 34.8. The van der Waals surface area contributed by atoms with Crippen LogP contribution >= 0.6 is 0 Å². The second kappa shape index (κ2) is 5.32. The number of primary amides is 1. The van der Waals surface area contributed by atoms with Crippen LogP contribution in [0.15, 0.2) is 16.5 Å². The van der Waals surface area contributed by atoms with Crippen LogP contribution in [0.2, 0.25) is 0 Å². The largest absolute Gasteiger partial charge is 0.433 e. The molecule has 20 heavy (non-hydrogen) atoms. The molecule has 2 atom stereocenters. The van der Waals surface area contributed by atoms with Gasteiger partial charge in [0.05, 0.1) is 12.0 Å². The fourth-order valence-electron chi connectivity index (χ4n) is 2.30. The highest BCUT2D eigenvalue weighted by molar-refractivity contribution is 5.92. The molecule has 2 heterocycles. The highest BCUT2D eigenvalue weighted by atomic mass is 16.6. The van der Waals surface area contributed by atoms with Crippen molar-refractivity contribution < 1.29 is 18.9 Å². The molecule has 0 saturated carbocycles. The molecule has 8 nitrogen and oxygen atoms in total. The maximum absolute atomic E-state index is 12.3. The molecule has 1 saturated heterocycles. The lowest BCUT2D eigenvalue weighted by molar-refractivity contribution is -0.402. The van der Waals surface area contributed by atoms with Crippen molar-refractivity contribution in [2.75, 3.05) is 6.54 Å². The van der Waals surface area contributed by atoms with Crippen molar-refractivity contribution in [3.63, 3.8) is 0 Å². The number of nitro groups is 1. The fourth-order valence-corrected chi connectivity index (χ4v) is 2.30. The van der Waals surface area contributed by atoms with Crippen molar-refractivity contribution in [2.45, 2.75) is 25.8 Å². The van der Waals surface area contributed by atoms with Gasteiger partial charge in [0.25, 0.3) is 5.91 Å². The summed E-state index contributed by atoms with van der Waals surface area (Å²) >= 11 is 0. The van der Waals surface area contributed by atoms with Crippen molar-refractivity contribution in [3.8, 4) is 0 Å². The quantitative estimate of drug-likeness (QED) is 0.652. The minimum atomic E-state index is -0.706. The summed E-state index contributed by atoms with van der Waals surface area (Å²) in [6.07, 6.45) is 1.29. The smallest absolute Gasteiger partial charge is 0.395 e. The summed E-state index contributed by atoms with van der Waals surface area (Å²) in [6.45, 7) is 2.07. The van der Waals surface area contributed by atoms with Crippen LogP contribution in [-0.4, -0.2) is 34.2 Å². The number of carbonyl (C=O) groups excluding carboxylic acids is 2. The standard InChI is InChI=1S/C12H15N3O5/c1-7-2-3-8(11(13)16)6-14(7)12(17)9-4-5-10(20-9)15(18)19/h4-5,7-8H,2-3,6H2,1H3,(H2,13,16)/t7-,8-/m0/s1. The van der Waals surface area contributed by atoms with E-state index >= 15 is 0 Å². The normalized spacial score (nSPS) is 22.6. The van der Waals surface area contributed by atoms with Crippen molar-refractivity contribution in [1.82, 2.24) is 4.90 Å². The topological polar surface area (TPSA) is 120 Å². The maximum Gasteiger partial charge on any atom is 0.433 e. The van der Waals surface area contributed by atoms with E-state index in [1.807, 2.05) is 6.92 Å². The second-order valence-electron chi connectivity index (χ2n) is 4.88. The monoisotopic (exact) mass is 281 g/mol. The molecule has 0 aromatic carbocycles. The Balaban J connectivity index is 2.17. The molecule has 1 aliphatic heterocycles. The van der Waals surface area contributed by atoms with Crippen molar-refractivity contribution >= 4 is 17.7 Å². The third-order valence-electron chi connectivity index (χ3n) is 3.53. The van der Waals surface area contributed by atoms with E-state index in [0.717, 1.165) is 6.07 Å². The molecule has 0 bridgehead atoms. The van der Waals surface area contributed by atoms with E-state index in [1.165, 1.54) is 11.0 Å². The van der Waals surface area contributed by atoms with Crippen LogP contribution in [0.3, 0.4) is 0 Å². The van der Waals surface area contributed by atoms with E-state index < -0.39 is 22.6 Å². The molecule has 0 aliphatic carbocycles. The van der Waals surface area contributed by atoms with Crippen LogP contribution < -0.4 is 5.73 Å². The van der Waals surface area contributed by atoms with Gasteiger partial charge in [-0.25, -0.2) is 0 Å². The SMILES string of the molecule is C[C@H]1CC[C@H](C(N)=O)CN1C(=O)c1ccc([N+](=O)[O-])o1. The first-order valence-corrected chi connectivity index (χ1v) is 6.24. The van der Waals surface area contributed by atoms with Gasteiger partial charge < -0.3 is 15.1 Å². The molecule has 2 N–H and O–H groups in total. The number of nitrogens with two attached hydrogens (primary N) is 1. The zero-order valence-electron chi connectivity index (χ0n) is 10.9. The van der Waals surface area contributed by atoms with Gasteiger partial charge in [-0.2, -0.15) is 0 Å². The van der Waals surface area contributed by atoms with Crippen LogP contribution in [0.4, 0.5) is 5.88 Å². The summed E-state index contributed by atoms with van der Waals surface area (Å²) in [5.74, 6) is -1.88. The number of piperidine rings is 1. The molecule has 0 unspecified atom stereocenters. The van der Waals surface area contributed by atoms with Gasteiger partial charge in [0.2, 0.25) is 5.91 Å². The van der Waals surface area contributed by atoms with Gasteiger partial charge in [-0.15, -0.1) is 0 Å². The summed E-state index contributed by atoms with van der Waals surface area (Å²) in [7, 11) is 0. The van der Waals surface area contributed by atoms with Crippen molar-refractivity contribution in [3.05, 3.63) is 28.0 Å². The summed E-state index contributed by atoms with van der Waals surface area (Å²) < 4.78 is 4.90. The Hall–Kier alpha value is -2.38. The number of carbonyl (C=O) groups is 2. The molecule has 0 spiro atoms. The Morgan fingerprint density at radius 2 is 2.15 bits per heavy atom. The summed E-state index contributed by atoms with van der Waals surface area (Å²) in [5.41, 5.74) is 5.27. The Kier molecular flexibility index (Phi) is 3.73. The third kappa shape index (κ3) is 2.63. The minimum Gasteiger partial charge on any atom is -0.395 e. The maximum atomic E-state index is 12.3. The molecule has 1 aromatic heterocycles. The molecule has 1 aromatic rings. The zero-order chi connectivity index (χ0) is 14.9. The van der Waals surface area contributed by atoms with Gasteiger partial charge >= 0.3 is 5.88 Å². The Morgan fingerprint density at radius 1 is 1.45 bits per heavy atom. The lowest BCUT2D eigenvalue weighted by Gasteiger charge is -2.36. The summed E-state index contributed by atoms with van der Waals surface area (Å²) in [5, 5.41) is 10.5. The lowest BCUT2D eigenvalue weighted by Crippen LogP contribution is -2.48. The molecule has 1 aliphatic rings. The van der Waals surface area contributed by atoms with Crippen LogP contribution in [0.5, 0.6) is 0 Å². The summed E-state index contributed by atoms with van der Waals surface area (Å²) in [6, 6.07) is 2.33. The number of rotatable bonds is 3. The molecule has 2 amide bonds. The number of amides is 2. The predicted molar refractivity (Wildman–Crippen MR) is 67.8 cm³/mol. The van der Waals surface area contributed by atoms with E-state index in [1.54, 1.807) is 0 Å². The number of nitrogens with zero attached hydrogens (tertiary/aromatic N) is 2. The first kappa shape index (κ1) is 14.0. The molecule has 1 fully saturated rings. The van der Waals surface area contributed by atoms with Gasteiger partial charge in [0.15, 0.2) is 5.76 Å². The fraction of sp³-hybridized carbons (Fsp3) is 0.500. The number of hydrogen-bond acceptors (Lipinski definition) is 5. The Morgan fingerprint density at radius 3 is 2.70 bits per heavy atom. The second-order valence-corrected chi connectivity index (χ2v) is 4.88. The van der Waals surface area contributed by atoms with Crippen molar-refractivity contribution in [1.29, 1.82) is 0 Å². The van der Waals surface area contributed by atoms with E-state index in [-0.39, 0.29) is 24.3 Å². The predicted octanol–water partition coefficient (Wildman–Crippen LogP) is 0.914. The van der Waals surface area contributed by atoms with Crippen LogP contribution in [0, 0.1) is 16.0 Å². The van der Waals surface area contributed by atoms with Crippen LogP contribution in [-0.2, 0) is 4.79 Å². The highest BCUT2D eigenvalue weighted by Crippen LogP contribution is 2.25. The van der Waals surface area contributed by atoms with Gasteiger partial charge in [0, 0.05) is 12.6 Å². The molecule has 8 heteroatoms. The van der Waals surface area contributed by atoms with E-state index in [9.17, 15) is 19.7 Å². The Labute approximate surface area is 114 Å². The first-order chi connectivity index (χ1) is 9.40. The molecule has 108 valence electrons. The van der Waals surface area contributed by atoms with Gasteiger partial charge in [-0.3, -0.25) is 19.7 Å². The van der Waals surface area contributed by atoms with E-state index in [2.05, 4.69) is 0 Å².